The molecular weight excluding hydrogens is 254 g/mol. The molecule has 1 N–H and O–H groups in total. The quantitative estimate of drug-likeness (QED) is 0.772. The maximum absolute atomic E-state index is 3.75. The van der Waals surface area contributed by atoms with Crippen LogP contribution >= 0.6 is 0 Å². The van der Waals surface area contributed by atoms with Crippen molar-refractivity contribution in [3.63, 3.8) is 0 Å². The average molecular weight is 281 g/mol. The normalized spacial score (nSPS) is 13.0. The van der Waals surface area contributed by atoms with Gasteiger partial charge < -0.3 is 5.32 Å². The maximum Gasteiger partial charge on any atom is 0.0380 e. The first-order chi connectivity index (χ1) is 10.0. The van der Waals surface area contributed by atoms with Gasteiger partial charge in [-0.05, 0) is 35.4 Å². The van der Waals surface area contributed by atoms with E-state index in [1.54, 1.807) is 0 Å². The fraction of sp³-hybridized carbons (Fsp3) is 0.400. The van der Waals surface area contributed by atoms with E-state index < -0.39 is 0 Å². The second-order valence-electron chi connectivity index (χ2n) is 6.73. The molecule has 0 spiro atoms. The molecule has 21 heavy (non-hydrogen) atoms. The molecule has 0 aromatic heterocycles. The van der Waals surface area contributed by atoms with Gasteiger partial charge in [-0.2, -0.15) is 0 Å². The summed E-state index contributed by atoms with van der Waals surface area (Å²) in [5.74, 6) is 0. The molecule has 0 aliphatic carbocycles. The van der Waals surface area contributed by atoms with Gasteiger partial charge in [0, 0.05) is 11.7 Å². The Morgan fingerprint density at radius 1 is 0.905 bits per heavy atom. The predicted octanol–water partition coefficient (Wildman–Crippen LogP) is 5.42. The van der Waals surface area contributed by atoms with Gasteiger partial charge in [-0.25, -0.2) is 0 Å². The van der Waals surface area contributed by atoms with Crippen molar-refractivity contribution < 1.29 is 0 Å². The molecule has 0 aliphatic rings. The molecule has 2 aromatic rings. The minimum Gasteiger partial charge on any atom is -0.382 e. The average Bonchev–Trinajstić information content (AvgIpc) is 2.47. The van der Waals surface area contributed by atoms with Gasteiger partial charge in [-0.15, -0.1) is 0 Å². The van der Waals surface area contributed by atoms with Crippen LogP contribution in [0.15, 0.2) is 54.6 Å². The van der Waals surface area contributed by atoms with Crippen molar-refractivity contribution in [3.8, 4) is 0 Å². The zero-order valence-electron chi connectivity index (χ0n) is 13.7. The first kappa shape index (κ1) is 15.6. The van der Waals surface area contributed by atoms with E-state index in [-0.39, 0.29) is 5.41 Å². The van der Waals surface area contributed by atoms with Crippen LogP contribution in [0.5, 0.6) is 0 Å². The van der Waals surface area contributed by atoms with Gasteiger partial charge in [0.2, 0.25) is 0 Å². The fourth-order valence-electron chi connectivity index (χ4n) is 2.68. The van der Waals surface area contributed by atoms with Crippen LogP contribution in [0.3, 0.4) is 0 Å². The van der Waals surface area contributed by atoms with Crippen LogP contribution in [0.4, 0.5) is 5.69 Å². The first-order valence-electron chi connectivity index (χ1n) is 7.90. The second kappa shape index (κ2) is 6.80. The van der Waals surface area contributed by atoms with Gasteiger partial charge in [0.15, 0.2) is 0 Å². The van der Waals surface area contributed by atoms with Crippen molar-refractivity contribution >= 4 is 5.69 Å². The fourth-order valence-corrected chi connectivity index (χ4v) is 2.68. The van der Waals surface area contributed by atoms with Gasteiger partial charge in [-0.3, -0.25) is 0 Å². The van der Waals surface area contributed by atoms with Crippen molar-refractivity contribution in [2.45, 2.75) is 52.0 Å². The molecule has 1 nitrogen and oxygen atoms in total. The van der Waals surface area contributed by atoms with E-state index >= 15 is 0 Å². The molecule has 0 radical (unpaired) electrons. The summed E-state index contributed by atoms with van der Waals surface area (Å²) in [5.41, 5.74) is 4.21. The molecular formula is C20H27N. The molecule has 112 valence electrons. The largest absolute Gasteiger partial charge is 0.382 e. The van der Waals surface area contributed by atoms with Crippen LogP contribution < -0.4 is 5.32 Å². The van der Waals surface area contributed by atoms with E-state index in [4.69, 9.17) is 0 Å². The standard InChI is InChI=1S/C20H27N/c1-5-17(15-16-11-7-6-8-12-16)21-19-14-10-9-13-18(19)20(2,3)4/h6-14,17,21H,5,15H2,1-4H3. The van der Waals surface area contributed by atoms with Crippen LogP contribution in [0.1, 0.15) is 45.2 Å². The van der Waals surface area contributed by atoms with Crippen molar-refractivity contribution in [3.05, 3.63) is 65.7 Å². The molecule has 0 bridgehead atoms. The lowest BCUT2D eigenvalue weighted by Gasteiger charge is -2.26. The van der Waals surface area contributed by atoms with Crippen molar-refractivity contribution in [2.75, 3.05) is 5.32 Å². The Morgan fingerprint density at radius 2 is 1.52 bits per heavy atom. The molecule has 0 saturated heterocycles. The van der Waals surface area contributed by atoms with Crippen LogP contribution in [0.25, 0.3) is 0 Å². The molecule has 2 aromatic carbocycles. The highest BCUT2D eigenvalue weighted by Crippen LogP contribution is 2.30. The van der Waals surface area contributed by atoms with Crippen molar-refractivity contribution in [1.82, 2.24) is 0 Å². The van der Waals surface area contributed by atoms with E-state index in [0.29, 0.717) is 6.04 Å². The van der Waals surface area contributed by atoms with E-state index in [9.17, 15) is 0 Å². The van der Waals surface area contributed by atoms with Crippen LogP contribution in [-0.2, 0) is 11.8 Å². The Labute approximate surface area is 129 Å². The lowest BCUT2D eigenvalue weighted by Crippen LogP contribution is -2.24. The number of para-hydroxylation sites is 1. The molecule has 0 amide bonds. The van der Waals surface area contributed by atoms with Gasteiger partial charge in [0.05, 0.1) is 0 Å². The topological polar surface area (TPSA) is 12.0 Å². The van der Waals surface area contributed by atoms with Gasteiger partial charge in [0.25, 0.3) is 0 Å². The number of hydrogen-bond acceptors (Lipinski definition) is 1. The highest BCUT2D eigenvalue weighted by atomic mass is 14.9. The van der Waals surface area contributed by atoms with Gasteiger partial charge in [0.1, 0.15) is 0 Å². The summed E-state index contributed by atoms with van der Waals surface area (Å²) in [4.78, 5) is 0. The Balaban J connectivity index is 2.16. The van der Waals surface area contributed by atoms with E-state index in [0.717, 1.165) is 12.8 Å². The molecule has 1 unspecified atom stereocenters. The Morgan fingerprint density at radius 3 is 2.14 bits per heavy atom. The van der Waals surface area contributed by atoms with E-state index in [2.05, 4.69) is 87.6 Å². The van der Waals surface area contributed by atoms with E-state index in [1.165, 1.54) is 16.8 Å². The van der Waals surface area contributed by atoms with Crippen molar-refractivity contribution in [2.24, 2.45) is 0 Å². The summed E-state index contributed by atoms with van der Waals surface area (Å²) < 4.78 is 0. The lowest BCUT2D eigenvalue weighted by molar-refractivity contribution is 0.588. The highest BCUT2D eigenvalue weighted by molar-refractivity contribution is 5.54. The zero-order valence-corrected chi connectivity index (χ0v) is 13.7. The Hall–Kier alpha value is -1.76. The molecule has 0 saturated carbocycles. The summed E-state index contributed by atoms with van der Waals surface area (Å²) >= 11 is 0. The third-order valence-corrected chi connectivity index (χ3v) is 3.91. The third kappa shape index (κ3) is 4.35. The molecule has 1 heteroatoms. The third-order valence-electron chi connectivity index (χ3n) is 3.91. The van der Waals surface area contributed by atoms with Gasteiger partial charge >= 0.3 is 0 Å². The zero-order chi connectivity index (χ0) is 15.3. The Bertz CT molecular complexity index is 552. The Kier molecular flexibility index (Phi) is 5.06. The molecule has 0 fully saturated rings. The summed E-state index contributed by atoms with van der Waals surface area (Å²) in [6.45, 7) is 9.06. The second-order valence-corrected chi connectivity index (χ2v) is 6.73. The minimum absolute atomic E-state index is 0.161. The van der Waals surface area contributed by atoms with Crippen LogP contribution in [0.2, 0.25) is 0 Å². The van der Waals surface area contributed by atoms with Crippen molar-refractivity contribution in [1.29, 1.82) is 0 Å². The number of hydrogen-bond donors (Lipinski definition) is 1. The smallest absolute Gasteiger partial charge is 0.0380 e. The summed E-state index contributed by atoms with van der Waals surface area (Å²) in [5, 5.41) is 3.75. The lowest BCUT2D eigenvalue weighted by atomic mass is 9.85. The summed E-state index contributed by atoms with van der Waals surface area (Å²) in [6, 6.07) is 19.9. The first-order valence-corrected chi connectivity index (χ1v) is 7.90. The predicted molar refractivity (Wildman–Crippen MR) is 93.0 cm³/mol. The maximum atomic E-state index is 3.75. The number of rotatable bonds is 5. The van der Waals surface area contributed by atoms with Crippen LogP contribution in [-0.4, -0.2) is 6.04 Å². The van der Waals surface area contributed by atoms with Gasteiger partial charge in [-0.1, -0.05) is 76.2 Å². The molecule has 2 rings (SSSR count). The summed E-state index contributed by atoms with van der Waals surface area (Å²) in [6.07, 6.45) is 2.18. The highest BCUT2D eigenvalue weighted by Gasteiger charge is 2.18. The molecule has 1 atom stereocenters. The molecule has 0 aliphatic heterocycles. The monoisotopic (exact) mass is 281 g/mol. The number of benzene rings is 2. The number of anilines is 1. The SMILES string of the molecule is CCC(Cc1ccccc1)Nc1ccccc1C(C)(C)C. The summed E-state index contributed by atoms with van der Waals surface area (Å²) in [7, 11) is 0. The van der Waals surface area contributed by atoms with E-state index in [1.807, 2.05) is 0 Å². The minimum atomic E-state index is 0.161. The molecule has 0 heterocycles. The number of nitrogens with one attached hydrogen (secondary N) is 1. The van der Waals surface area contributed by atoms with Crippen LogP contribution in [0, 0.1) is 0 Å².